The summed E-state index contributed by atoms with van der Waals surface area (Å²) in [5.74, 6) is 1.15. The molecule has 1 fully saturated rings. The predicted molar refractivity (Wildman–Crippen MR) is 93.0 cm³/mol. The molecular weight excluding hydrogens is 304 g/mol. The Bertz CT molecular complexity index is 787. The van der Waals surface area contributed by atoms with E-state index in [1.807, 2.05) is 17.0 Å². The molecule has 0 aliphatic carbocycles. The number of amides is 1. The van der Waals surface area contributed by atoms with Gasteiger partial charge in [-0.2, -0.15) is 0 Å². The highest BCUT2D eigenvalue weighted by atomic mass is 16.5. The Morgan fingerprint density at radius 3 is 3.04 bits per heavy atom. The molecule has 2 aliphatic rings. The zero-order valence-electron chi connectivity index (χ0n) is 13.9. The molecule has 0 saturated carbocycles. The number of nitrogens with zero attached hydrogens (tertiary/aromatic N) is 1. The lowest BCUT2D eigenvalue weighted by Gasteiger charge is -2.28. The number of benzene rings is 1. The third-order valence-corrected chi connectivity index (χ3v) is 5.03. The second kappa shape index (κ2) is 6.32. The molecule has 1 amide bonds. The molecule has 1 aromatic heterocycles. The van der Waals surface area contributed by atoms with Gasteiger partial charge in [0.1, 0.15) is 5.75 Å². The Morgan fingerprint density at radius 1 is 1.42 bits per heavy atom. The highest BCUT2D eigenvalue weighted by Gasteiger charge is 2.29. The molecule has 0 spiro atoms. The summed E-state index contributed by atoms with van der Waals surface area (Å²) in [5, 5.41) is 1.17. The van der Waals surface area contributed by atoms with Crippen LogP contribution in [0, 0.1) is 5.92 Å². The molecule has 1 N–H and O–H groups in total. The fourth-order valence-corrected chi connectivity index (χ4v) is 3.59. The van der Waals surface area contributed by atoms with E-state index >= 15 is 0 Å². The van der Waals surface area contributed by atoms with Gasteiger partial charge in [-0.3, -0.25) is 4.79 Å². The predicted octanol–water partition coefficient (Wildman–Crippen LogP) is 2.83. The maximum atomic E-state index is 12.5. The molecule has 0 bridgehead atoms. The summed E-state index contributed by atoms with van der Waals surface area (Å²) in [6.07, 6.45) is 5.97. The molecule has 0 unspecified atom stereocenters. The van der Waals surface area contributed by atoms with E-state index < -0.39 is 0 Å². The number of aromatic amines is 1. The molecule has 5 nitrogen and oxygen atoms in total. The van der Waals surface area contributed by atoms with Crippen LogP contribution in [0.2, 0.25) is 0 Å². The van der Waals surface area contributed by atoms with E-state index in [0.717, 1.165) is 30.7 Å². The monoisotopic (exact) mass is 326 g/mol. The van der Waals surface area contributed by atoms with Gasteiger partial charge in [0.05, 0.1) is 19.6 Å². The lowest BCUT2D eigenvalue weighted by molar-refractivity contribution is -0.135. The van der Waals surface area contributed by atoms with Gasteiger partial charge in [0.15, 0.2) is 0 Å². The van der Waals surface area contributed by atoms with E-state index in [1.165, 1.54) is 16.5 Å². The maximum Gasteiger partial charge on any atom is 0.228 e. The van der Waals surface area contributed by atoms with E-state index in [9.17, 15) is 4.79 Å². The van der Waals surface area contributed by atoms with Crippen LogP contribution in [0.1, 0.15) is 18.4 Å². The molecule has 2 aliphatic heterocycles. The van der Waals surface area contributed by atoms with Crippen molar-refractivity contribution in [2.75, 3.05) is 33.4 Å². The van der Waals surface area contributed by atoms with Gasteiger partial charge < -0.3 is 19.4 Å². The average Bonchev–Trinajstić information content (AvgIpc) is 3.30. The number of fused-ring (bicyclic) bond motifs is 1. The van der Waals surface area contributed by atoms with Crippen molar-refractivity contribution in [3.63, 3.8) is 0 Å². The van der Waals surface area contributed by atoms with Crippen LogP contribution in [0.4, 0.5) is 0 Å². The third-order valence-electron chi connectivity index (χ3n) is 5.03. The number of hydrogen-bond donors (Lipinski definition) is 1. The minimum Gasteiger partial charge on any atom is -0.497 e. The second-order valence-corrected chi connectivity index (χ2v) is 6.44. The number of H-pyrrole nitrogens is 1. The van der Waals surface area contributed by atoms with Gasteiger partial charge in [0.25, 0.3) is 0 Å². The van der Waals surface area contributed by atoms with Crippen molar-refractivity contribution in [3.05, 3.63) is 36.0 Å². The molecule has 4 rings (SSSR count). The van der Waals surface area contributed by atoms with Crippen LogP contribution in [0.3, 0.4) is 0 Å². The topological polar surface area (TPSA) is 54.6 Å². The van der Waals surface area contributed by atoms with Crippen LogP contribution in [-0.4, -0.2) is 49.2 Å². The number of methoxy groups -OCH3 is 1. The van der Waals surface area contributed by atoms with Gasteiger partial charge in [0, 0.05) is 42.4 Å². The highest BCUT2D eigenvalue weighted by molar-refractivity contribution is 5.94. The fourth-order valence-electron chi connectivity index (χ4n) is 3.59. The molecule has 2 aromatic rings. The van der Waals surface area contributed by atoms with E-state index in [4.69, 9.17) is 9.47 Å². The SMILES string of the molecule is COc1ccc2[nH]cc(C3=CCN(C(=O)[C@H]4CCOC4)CC3)c2c1. The summed E-state index contributed by atoms with van der Waals surface area (Å²) in [7, 11) is 1.68. The van der Waals surface area contributed by atoms with Crippen molar-refractivity contribution in [1.29, 1.82) is 0 Å². The second-order valence-electron chi connectivity index (χ2n) is 6.44. The van der Waals surface area contributed by atoms with E-state index in [2.05, 4.69) is 23.3 Å². The Hall–Kier alpha value is -2.27. The maximum absolute atomic E-state index is 12.5. The van der Waals surface area contributed by atoms with Crippen molar-refractivity contribution in [2.24, 2.45) is 5.92 Å². The first kappa shape index (κ1) is 15.3. The standard InChI is InChI=1S/C19H22N2O3/c1-23-15-2-3-18-16(10-15)17(11-20-18)13-4-7-21(8-5-13)19(22)14-6-9-24-12-14/h2-4,10-11,14,20H,5-9,12H2,1H3/t14-/m0/s1. The molecule has 0 radical (unpaired) electrons. The van der Waals surface area contributed by atoms with Gasteiger partial charge in [0.2, 0.25) is 5.91 Å². The zero-order chi connectivity index (χ0) is 16.5. The first-order chi connectivity index (χ1) is 11.8. The molecule has 5 heteroatoms. The van der Waals surface area contributed by atoms with E-state index in [1.54, 1.807) is 7.11 Å². The summed E-state index contributed by atoms with van der Waals surface area (Å²) in [6.45, 7) is 2.75. The minimum atomic E-state index is 0.0531. The third kappa shape index (κ3) is 2.69. The van der Waals surface area contributed by atoms with Crippen molar-refractivity contribution in [2.45, 2.75) is 12.8 Å². The van der Waals surface area contributed by atoms with Gasteiger partial charge in [-0.25, -0.2) is 0 Å². The molecular formula is C19H22N2O3. The zero-order valence-corrected chi connectivity index (χ0v) is 13.9. The quantitative estimate of drug-likeness (QED) is 0.943. The van der Waals surface area contributed by atoms with Crippen molar-refractivity contribution < 1.29 is 14.3 Å². The molecule has 1 aromatic carbocycles. The lowest BCUT2D eigenvalue weighted by atomic mass is 9.97. The largest absolute Gasteiger partial charge is 0.497 e. The summed E-state index contributed by atoms with van der Waals surface area (Å²) in [6, 6.07) is 6.06. The summed E-state index contributed by atoms with van der Waals surface area (Å²) in [4.78, 5) is 17.8. The van der Waals surface area contributed by atoms with Crippen LogP contribution >= 0.6 is 0 Å². The first-order valence-corrected chi connectivity index (χ1v) is 8.47. The summed E-state index contributed by atoms with van der Waals surface area (Å²) in [5.41, 5.74) is 3.61. The molecule has 3 heterocycles. The van der Waals surface area contributed by atoms with Crippen molar-refractivity contribution >= 4 is 22.4 Å². The van der Waals surface area contributed by atoms with Gasteiger partial charge in [-0.1, -0.05) is 6.08 Å². The van der Waals surface area contributed by atoms with Crippen LogP contribution in [0.5, 0.6) is 5.75 Å². The Kier molecular flexibility index (Phi) is 4.02. The number of nitrogens with one attached hydrogen (secondary N) is 1. The molecule has 24 heavy (non-hydrogen) atoms. The van der Waals surface area contributed by atoms with Crippen LogP contribution in [0.15, 0.2) is 30.5 Å². The highest BCUT2D eigenvalue weighted by Crippen LogP contribution is 2.32. The average molecular weight is 326 g/mol. The van der Waals surface area contributed by atoms with Crippen LogP contribution < -0.4 is 4.74 Å². The van der Waals surface area contributed by atoms with Gasteiger partial charge in [-0.15, -0.1) is 0 Å². The number of rotatable bonds is 3. The lowest BCUT2D eigenvalue weighted by Crippen LogP contribution is -2.39. The smallest absolute Gasteiger partial charge is 0.228 e. The first-order valence-electron chi connectivity index (χ1n) is 8.47. The Labute approximate surface area is 141 Å². The summed E-state index contributed by atoms with van der Waals surface area (Å²) >= 11 is 0. The fraction of sp³-hybridized carbons (Fsp3) is 0.421. The van der Waals surface area contributed by atoms with Crippen molar-refractivity contribution in [3.8, 4) is 5.75 Å². The van der Waals surface area contributed by atoms with Crippen LogP contribution in [-0.2, 0) is 9.53 Å². The Morgan fingerprint density at radius 2 is 2.33 bits per heavy atom. The number of carbonyl (C=O) groups excluding carboxylic acids is 1. The van der Waals surface area contributed by atoms with E-state index in [-0.39, 0.29) is 11.8 Å². The Balaban J connectivity index is 1.54. The number of ether oxygens (including phenoxy) is 2. The number of aromatic nitrogens is 1. The molecule has 1 saturated heterocycles. The van der Waals surface area contributed by atoms with Gasteiger partial charge in [-0.05, 0) is 36.6 Å². The van der Waals surface area contributed by atoms with Gasteiger partial charge >= 0.3 is 0 Å². The normalized spacial score (nSPS) is 21.1. The number of carbonyl (C=O) groups is 1. The van der Waals surface area contributed by atoms with Crippen molar-refractivity contribution in [1.82, 2.24) is 9.88 Å². The van der Waals surface area contributed by atoms with Crippen LogP contribution in [0.25, 0.3) is 16.5 Å². The molecule has 126 valence electrons. The summed E-state index contributed by atoms with van der Waals surface area (Å²) < 4.78 is 10.7. The van der Waals surface area contributed by atoms with E-state index in [0.29, 0.717) is 19.8 Å². The molecule has 1 atom stereocenters. The minimum absolute atomic E-state index is 0.0531. The number of hydrogen-bond acceptors (Lipinski definition) is 3.